The van der Waals surface area contributed by atoms with Crippen LogP contribution in [-0.4, -0.2) is 4.98 Å². The van der Waals surface area contributed by atoms with E-state index < -0.39 is 0 Å². The first-order valence-electron chi connectivity index (χ1n) is 20.5. The summed E-state index contributed by atoms with van der Waals surface area (Å²) in [5.41, 5.74) is 17.1. The Morgan fingerprint density at radius 1 is 0.433 bits per heavy atom. The fraction of sp³-hybridized carbons (Fsp3) is 0.0536. The average molecular weight is 771 g/mol. The lowest BCUT2D eigenvalue weighted by atomic mass is 9.82. The maximum atomic E-state index is 6.48. The molecule has 0 unspecified atom stereocenters. The Morgan fingerprint density at radius 3 is 2.00 bits per heavy atom. The average Bonchev–Trinajstić information content (AvgIpc) is 3.95. The van der Waals surface area contributed by atoms with E-state index in [1.54, 1.807) is 0 Å². The van der Waals surface area contributed by atoms with Crippen LogP contribution in [0.2, 0.25) is 0 Å². The fourth-order valence-electron chi connectivity index (χ4n) is 9.43. The molecule has 0 amide bonds. The molecular weight excluding hydrogens is 733 g/mol. The van der Waals surface area contributed by atoms with E-state index in [4.69, 9.17) is 13.8 Å². The molecule has 1 aliphatic carbocycles. The van der Waals surface area contributed by atoms with Gasteiger partial charge in [0.1, 0.15) is 16.7 Å². The van der Waals surface area contributed by atoms with Gasteiger partial charge in [0.05, 0.1) is 5.69 Å². The highest BCUT2D eigenvalue weighted by molar-refractivity contribution is 6.09. The van der Waals surface area contributed by atoms with Crippen LogP contribution < -0.4 is 4.90 Å². The summed E-state index contributed by atoms with van der Waals surface area (Å²) in [6.07, 6.45) is 0. The Bertz CT molecular complexity index is 3460. The van der Waals surface area contributed by atoms with Crippen molar-refractivity contribution in [1.29, 1.82) is 0 Å². The summed E-state index contributed by atoms with van der Waals surface area (Å²) < 4.78 is 12.6. The van der Waals surface area contributed by atoms with Gasteiger partial charge < -0.3 is 13.7 Å². The summed E-state index contributed by atoms with van der Waals surface area (Å²) in [6.45, 7) is 4.69. The molecule has 0 saturated carbocycles. The second-order valence-corrected chi connectivity index (χ2v) is 16.4. The molecule has 60 heavy (non-hydrogen) atoms. The zero-order chi connectivity index (χ0) is 40.0. The van der Waals surface area contributed by atoms with Crippen LogP contribution in [0.3, 0.4) is 0 Å². The highest BCUT2D eigenvalue weighted by atomic mass is 16.4. The van der Waals surface area contributed by atoms with Crippen LogP contribution in [0.5, 0.6) is 0 Å². The lowest BCUT2D eigenvalue weighted by Crippen LogP contribution is -2.16. The number of aromatic nitrogens is 1. The molecule has 284 valence electrons. The van der Waals surface area contributed by atoms with Gasteiger partial charge in [0.25, 0.3) is 0 Å². The molecule has 0 radical (unpaired) electrons. The van der Waals surface area contributed by atoms with Crippen molar-refractivity contribution in [3.8, 4) is 44.8 Å². The van der Waals surface area contributed by atoms with Crippen molar-refractivity contribution < 1.29 is 8.83 Å². The predicted octanol–water partition coefficient (Wildman–Crippen LogP) is 15.7. The van der Waals surface area contributed by atoms with Crippen molar-refractivity contribution in [1.82, 2.24) is 4.98 Å². The van der Waals surface area contributed by atoms with Gasteiger partial charge >= 0.3 is 0 Å². The predicted molar refractivity (Wildman–Crippen MR) is 247 cm³/mol. The van der Waals surface area contributed by atoms with E-state index in [1.807, 2.05) is 36.4 Å². The molecule has 2 aromatic heterocycles. The molecule has 11 aromatic rings. The molecule has 0 saturated heterocycles. The normalized spacial score (nSPS) is 13.0. The number of hydrogen-bond acceptors (Lipinski definition) is 4. The molecule has 4 nitrogen and oxygen atoms in total. The molecule has 12 rings (SSSR count). The van der Waals surface area contributed by atoms with Gasteiger partial charge in [-0.1, -0.05) is 135 Å². The number of oxazole rings is 1. The lowest BCUT2D eigenvalue weighted by molar-refractivity contribution is 0.617. The van der Waals surface area contributed by atoms with Crippen LogP contribution in [0, 0.1) is 0 Å². The summed E-state index contributed by atoms with van der Waals surface area (Å²) in [6, 6.07) is 69.4. The number of benzene rings is 9. The Hall–Kier alpha value is -7.69. The number of anilines is 3. The van der Waals surface area contributed by atoms with Gasteiger partial charge in [-0.2, -0.15) is 0 Å². The van der Waals surface area contributed by atoms with Crippen LogP contribution in [0.4, 0.5) is 17.1 Å². The van der Waals surface area contributed by atoms with Crippen molar-refractivity contribution in [2.24, 2.45) is 0 Å². The summed E-state index contributed by atoms with van der Waals surface area (Å²) >= 11 is 0. The molecule has 9 aromatic carbocycles. The number of hydrogen-bond donors (Lipinski definition) is 0. The van der Waals surface area contributed by atoms with E-state index in [0.29, 0.717) is 11.5 Å². The van der Waals surface area contributed by atoms with E-state index in [-0.39, 0.29) is 5.41 Å². The van der Waals surface area contributed by atoms with Gasteiger partial charge in [-0.3, -0.25) is 0 Å². The highest BCUT2D eigenvalue weighted by Crippen LogP contribution is 2.54. The molecule has 1 aliphatic rings. The Morgan fingerprint density at radius 2 is 1.12 bits per heavy atom. The first kappa shape index (κ1) is 34.4. The van der Waals surface area contributed by atoms with Crippen LogP contribution >= 0.6 is 0 Å². The number of nitrogens with zero attached hydrogens (tertiary/aromatic N) is 2. The Balaban J connectivity index is 0.955. The second kappa shape index (κ2) is 13.2. The number of furan rings is 1. The van der Waals surface area contributed by atoms with Crippen LogP contribution in [0.25, 0.3) is 88.6 Å². The third kappa shape index (κ3) is 5.41. The second-order valence-electron chi connectivity index (χ2n) is 16.4. The quantitative estimate of drug-likeness (QED) is 0.169. The molecule has 0 fully saturated rings. The van der Waals surface area contributed by atoms with Crippen LogP contribution in [0.1, 0.15) is 25.0 Å². The van der Waals surface area contributed by atoms with Crippen LogP contribution in [-0.2, 0) is 5.41 Å². The van der Waals surface area contributed by atoms with Gasteiger partial charge in [-0.25, -0.2) is 4.98 Å². The van der Waals surface area contributed by atoms with Gasteiger partial charge in [-0.15, -0.1) is 0 Å². The third-order valence-electron chi connectivity index (χ3n) is 12.5. The molecule has 0 aliphatic heterocycles. The molecule has 0 spiro atoms. The summed E-state index contributed by atoms with van der Waals surface area (Å²) in [5.74, 6) is 0.606. The molecular formula is C56H38N2O2. The minimum atomic E-state index is -0.120. The number of fused-ring (bicyclic) bond motifs is 8. The van der Waals surface area contributed by atoms with Crippen molar-refractivity contribution in [2.45, 2.75) is 19.3 Å². The molecule has 2 heterocycles. The Labute approximate surface area is 347 Å². The van der Waals surface area contributed by atoms with E-state index in [9.17, 15) is 0 Å². The first-order valence-corrected chi connectivity index (χ1v) is 20.5. The Kier molecular flexibility index (Phi) is 7.54. The monoisotopic (exact) mass is 770 g/mol. The van der Waals surface area contributed by atoms with Crippen molar-refractivity contribution >= 4 is 60.9 Å². The van der Waals surface area contributed by atoms with Crippen molar-refractivity contribution in [3.63, 3.8) is 0 Å². The van der Waals surface area contributed by atoms with E-state index in [1.165, 1.54) is 44.2 Å². The minimum Gasteiger partial charge on any atom is -0.456 e. The van der Waals surface area contributed by atoms with Gasteiger partial charge in [0.15, 0.2) is 5.58 Å². The molecule has 4 heteroatoms. The summed E-state index contributed by atoms with van der Waals surface area (Å²) in [7, 11) is 0. The van der Waals surface area contributed by atoms with Crippen molar-refractivity contribution in [2.75, 3.05) is 4.90 Å². The van der Waals surface area contributed by atoms with Gasteiger partial charge in [-0.05, 0) is 116 Å². The largest absolute Gasteiger partial charge is 0.456 e. The fourth-order valence-corrected chi connectivity index (χ4v) is 9.43. The van der Waals surface area contributed by atoms with E-state index in [2.05, 4.69) is 176 Å². The van der Waals surface area contributed by atoms with E-state index >= 15 is 0 Å². The summed E-state index contributed by atoms with van der Waals surface area (Å²) in [4.78, 5) is 7.24. The van der Waals surface area contributed by atoms with Crippen molar-refractivity contribution in [3.05, 3.63) is 205 Å². The first-order chi connectivity index (χ1) is 29.5. The smallest absolute Gasteiger partial charge is 0.227 e. The number of rotatable bonds is 6. The molecule has 0 N–H and O–H groups in total. The zero-order valence-corrected chi connectivity index (χ0v) is 33.2. The molecule has 0 bridgehead atoms. The maximum absolute atomic E-state index is 6.48. The lowest BCUT2D eigenvalue weighted by Gasteiger charge is -2.29. The van der Waals surface area contributed by atoms with E-state index in [0.717, 1.165) is 61.2 Å². The van der Waals surface area contributed by atoms with Gasteiger partial charge in [0, 0.05) is 44.8 Å². The topological polar surface area (TPSA) is 42.4 Å². The zero-order valence-electron chi connectivity index (χ0n) is 33.2. The highest BCUT2D eigenvalue weighted by Gasteiger charge is 2.37. The maximum Gasteiger partial charge on any atom is 0.227 e. The van der Waals surface area contributed by atoms with Gasteiger partial charge in [0.2, 0.25) is 5.89 Å². The van der Waals surface area contributed by atoms with Crippen LogP contribution in [0.15, 0.2) is 203 Å². The third-order valence-corrected chi connectivity index (χ3v) is 12.5. The SMILES string of the molecule is CC1(C)c2ccccc2-c2c(N(c3ccc(-c4ccc5c(c4)oc4cc6oc(-c7ccccc7)nc6cc45)cc3)c3cccc(-c4ccc5ccccc5c4)c3)cccc21. The molecule has 0 atom stereocenters. The minimum absolute atomic E-state index is 0.120. The summed E-state index contributed by atoms with van der Waals surface area (Å²) in [5, 5.41) is 4.55. The standard InChI is InChI=1S/C56H38N2O2/c1-56(2)47-19-9-8-18-45(47)54-48(56)20-11-21-50(54)58(43-17-10-16-39(31-43)40-23-22-35-12-6-7-15-38(35)30-40)42-27-24-36(25-28-42)41-26-29-44-46-33-49-53(34-52(46)59-51(44)32-41)60-55(57-49)37-13-4-3-5-14-37/h3-34H,1-2H3.